The molecule has 1 atom stereocenters. The van der Waals surface area contributed by atoms with Crippen molar-refractivity contribution in [1.82, 2.24) is 24.4 Å². The molecule has 2 saturated heterocycles. The average Bonchev–Trinajstić information content (AvgIpc) is 3.30. The topological polar surface area (TPSA) is 94.8 Å². The fraction of sp³-hybridized carbons (Fsp3) is 0.438. The molecule has 4 aromatic rings. The molecule has 4 heterocycles. The molecule has 44 heavy (non-hydrogen) atoms. The molecule has 0 saturated carbocycles. The second-order valence-electron chi connectivity index (χ2n) is 12.1. The second kappa shape index (κ2) is 12.7. The molecule has 10 nitrogen and oxygen atoms in total. The van der Waals surface area contributed by atoms with Crippen LogP contribution in [0.4, 0.5) is 10.2 Å². The minimum atomic E-state index is -0.573. The monoisotopic (exact) mass is 622 g/mol. The number of hydrogen-bond donors (Lipinski definition) is 0. The highest BCUT2D eigenvalue weighted by Gasteiger charge is 2.26. The van der Waals surface area contributed by atoms with Crippen LogP contribution in [-0.4, -0.2) is 74.9 Å². The number of fused-ring (bicyclic) bond motifs is 1. The number of rotatable bonds is 9. The number of imidazole rings is 1. The summed E-state index contributed by atoms with van der Waals surface area (Å²) in [7, 11) is 0. The summed E-state index contributed by atoms with van der Waals surface area (Å²) in [6.07, 6.45) is 2.79. The molecular weight excluding hydrogens is 587 g/mol. The summed E-state index contributed by atoms with van der Waals surface area (Å²) < 4.78 is 33.4. The Morgan fingerprint density at radius 1 is 1.09 bits per heavy atom. The molecule has 6 rings (SSSR count). The van der Waals surface area contributed by atoms with Crippen LogP contribution in [0.15, 0.2) is 48.7 Å². The maximum Gasteiger partial charge on any atom is 0.338 e. The molecular formula is C32H36ClFN6O4. The quantitative estimate of drug-likeness (QED) is 0.232. The molecule has 1 unspecified atom stereocenters. The largest absolute Gasteiger partial charge is 0.458 e. The van der Waals surface area contributed by atoms with Crippen LogP contribution in [0.5, 0.6) is 6.01 Å². The second-order valence-corrected chi connectivity index (χ2v) is 12.5. The highest BCUT2D eigenvalue weighted by molar-refractivity contribution is 6.30. The fourth-order valence-corrected chi connectivity index (χ4v) is 5.45. The normalized spacial score (nSPS) is 17.5. The molecule has 0 radical (unpaired) electrons. The number of ether oxygens (including phenoxy) is 3. The Bertz CT molecular complexity index is 1650. The van der Waals surface area contributed by atoms with Gasteiger partial charge in [0.25, 0.3) is 0 Å². The summed E-state index contributed by atoms with van der Waals surface area (Å²) in [6.45, 7) is 10.9. The van der Waals surface area contributed by atoms with E-state index in [9.17, 15) is 9.18 Å². The van der Waals surface area contributed by atoms with Crippen LogP contribution in [0.2, 0.25) is 5.02 Å². The first-order chi connectivity index (χ1) is 21.1. The molecule has 232 valence electrons. The zero-order valence-corrected chi connectivity index (χ0v) is 25.9. The third kappa shape index (κ3) is 7.11. The first-order valence-electron chi connectivity index (χ1n) is 14.8. The van der Waals surface area contributed by atoms with Crippen LogP contribution in [0.1, 0.15) is 48.9 Å². The minimum absolute atomic E-state index is 0.00635. The van der Waals surface area contributed by atoms with Gasteiger partial charge in [-0.3, -0.25) is 4.90 Å². The zero-order valence-electron chi connectivity index (χ0n) is 25.1. The Kier molecular flexibility index (Phi) is 8.70. The molecule has 0 aliphatic carbocycles. The van der Waals surface area contributed by atoms with E-state index in [-0.39, 0.29) is 24.7 Å². The van der Waals surface area contributed by atoms with Crippen LogP contribution in [0.25, 0.3) is 11.0 Å². The number of hydrogen-bond acceptors (Lipinski definition) is 9. The van der Waals surface area contributed by atoms with Crippen molar-refractivity contribution in [2.24, 2.45) is 0 Å². The fourth-order valence-electron chi connectivity index (χ4n) is 5.29. The van der Waals surface area contributed by atoms with Gasteiger partial charge in [-0.1, -0.05) is 17.7 Å². The summed E-state index contributed by atoms with van der Waals surface area (Å²) in [5.74, 6) is 0.926. The number of esters is 1. The average molecular weight is 623 g/mol. The van der Waals surface area contributed by atoms with Crippen molar-refractivity contribution >= 4 is 34.4 Å². The van der Waals surface area contributed by atoms with Gasteiger partial charge < -0.3 is 23.7 Å². The van der Waals surface area contributed by atoms with Gasteiger partial charge in [0.1, 0.15) is 29.7 Å². The van der Waals surface area contributed by atoms with Crippen molar-refractivity contribution in [1.29, 1.82) is 0 Å². The Balaban J connectivity index is 1.12. The van der Waals surface area contributed by atoms with E-state index >= 15 is 0 Å². The lowest BCUT2D eigenvalue weighted by molar-refractivity contribution is -0.0592. The van der Waals surface area contributed by atoms with Crippen LogP contribution < -0.4 is 9.64 Å². The Morgan fingerprint density at radius 2 is 1.89 bits per heavy atom. The van der Waals surface area contributed by atoms with Gasteiger partial charge >= 0.3 is 12.0 Å². The summed E-state index contributed by atoms with van der Waals surface area (Å²) in [5, 5.41) is 0.334. The first kappa shape index (κ1) is 30.2. The number of benzene rings is 2. The molecule has 2 aromatic heterocycles. The van der Waals surface area contributed by atoms with Gasteiger partial charge in [0.15, 0.2) is 0 Å². The van der Waals surface area contributed by atoms with Gasteiger partial charge in [0.05, 0.1) is 35.8 Å². The van der Waals surface area contributed by atoms with Crippen molar-refractivity contribution in [3.63, 3.8) is 0 Å². The van der Waals surface area contributed by atoms with Crippen molar-refractivity contribution in [2.75, 3.05) is 37.7 Å². The lowest BCUT2D eigenvalue weighted by Crippen LogP contribution is -2.46. The van der Waals surface area contributed by atoms with E-state index in [1.165, 1.54) is 6.07 Å². The summed E-state index contributed by atoms with van der Waals surface area (Å²) >= 11 is 5.84. The number of halogens is 2. The third-order valence-corrected chi connectivity index (χ3v) is 7.93. The standard InChI is InChI=1S/C32H36ClFN6O4/c1-32(2,3)44-30(41)21-5-7-26-27(16-21)40(18-24-9-15-42-24)29(36-26)19-38-11-13-39(14-12-38)28-8-10-35-31(37-28)43-20-22-4-6-23(33)17-25(22)34/h4-8,10,16-17,24H,9,11-15,18-20H2,1-3H3. The van der Waals surface area contributed by atoms with Gasteiger partial charge in [-0.25, -0.2) is 19.2 Å². The maximum atomic E-state index is 14.1. The van der Waals surface area contributed by atoms with E-state index in [1.54, 1.807) is 24.4 Å². The highest BCUT2D eigenvalue weighted by Crippen LogP contribution is 2.25. The van der Waals surface area contributed by atoms with Gasteiger partial charge in [0, 0.05) is 49.6 Å². The molecule has 2 aliphatic rings. The number of anilines is 1. The van der Waals surface area contributed by atoms with Crippen LogP contribution in [0.3, 0.4) is 0 Å². The number of nitrogens with zero attached hydrogens (tertiary/aromatic N) is 6. The molecule has 12 heteroatoms. The maximum absolute atomic E-state index is 14.1. The molecule has 2 aromatic carbocycles. The van der Waals surface area contributed by atoms with Gasteiger partial charge in [0.2, 0.25) is 0 Å². The third-order valence-electron chi connectivity index (χ3n) is 7.69. The molecule has 0 spiro atoms. The Labute approximate surface area is 260 Å². The summed E-state index contributed by atoms with van der Waals surface area (Å²) in [4.78, 5) is 31.1. The van der Waals surface area contributed by atoms with E-state index in [4.69, 9.17) is 30.8 Å². The summed E-state index contributed by atoms with van der Waals surface area (Å²) in [5.41, 5.74) is 2.07. The van der Waals surface area contributed by atoms with Crippen molar-refractivity contribution in [2.45, 2.75) is 58.6 Å². The lowest BCUT2D eigenvalue weighted by Gasteiger charge is -2.35. The smallest absolute Gasteiger partial charge is 0.338 e. The van der Waals surface area contributed by atoms with E-state index in [0.717, 1.165) is 61.9 Å². The van der Waals surface area contributed by atoms with Crippen molar-refractivity contribution in [3.8, 4) is 6.01 Å². The van der Waals surface area contributed by atoms with Gasteiger partial charge in [-0.2, -0.15) is 4.98 Å². The zero-order chi connectivity index (χ0) is 30.8. The summed E-state index contributed by atoms with van der Waals surface area (Å²) in [6, 6.07) is 12.1. The van der Waals surface area contributed by atoms with Crippen LogP contribution in [-0.2, 0) is 29.2 Å². The number of carbonyl (C=O) groups excluding carboxylic acids is 1. The predicted molar refractivity (Wildman–Crippen MR) is 165 cm³/mol. The van der Waals surface area contributed by atoms with Crippen molar-refractivity contribution in [3.05, 3.63) is 76.5 Å². The van der Waals surface area contributed by atoms with Crippen LogP contribution in [0, 0.1) is 5.82 Å². The van der Waals surface area contributed by atoms with E-state index < -0.39 is 11.4 Å². The van der Waals surface area contributed by atoms with E-state index in [0.29, 0.717) is 29.2 Å². The number of aromatic nitrogens is 4. The lowest BCUT2D eigenvalue weighted by atomic mass is 10.1. The molecule has 0 N–H and O–H groups in total. The SMILES string of the molecule is CC(C)(C)OC(=O)c1ccc2nc(CN3CCN(c4ccnc(OCc5ccc(Cl)cc5F)n4)CC3)n(CC3CCO3)c2c1. The Morgan fingerprint density at radius 3 is 2.59 bits per heavy atom. The van der Waals surface area contributed by atoms with Gasteiger partial charge in [-0.05, 0) is 63.6 Å². The van der Waals surface area contributed by atoms with Crippen LogP contribution >= 0.6 is 11.6 Å². The minimum Gasteiger partial charge on any atom is -0.458 e. The van der Waals surface area contributed by atoms with Crippen molar-refractivity contribution < 1.29 is 23.4 Å². The van der Waals surface area contributed by atoms with E-state index in [1.807, 2.05) is 39.0 Å². The molecule has 2 fully saturated rings. The first-order valence-corrected chi connectivity index (χ1v) is 15.2. The highest BCUT2D eigenvalue weighted by atomic mass is 35.5. The molecule has 2 aliphatic heterocycles. The molecule has 0 amide bonds. The van der Waals surface area contributed by atoms with E-state index in [2.05, 4.69) is 24.3 Å². The number of carbonyl (C=O) groups is 1. The molecule has 0 bridgehead atoms. The Hall–Kier alpha value is -3.80. The predicted octanol–water partition coefficient (Wildman–Crippen LogP) is 5.26. The number of piperazine rings is 1. The van der Waals surface area contributed by atoms with Gasteiger partial charge in [-0.15, -0.1) is 0 Å².